The molecule has 0 bridgehead atoms. The summed E-state index contributed by atoms with van der Waals surface area (Å²) in [6.07, 6.45) is 0. The fourth-order valence-corrected chi connectivity index (χ4v) is 0.749. The maximum atomic E-state index is 11.6. The highest BCUT2D eigenvalue weighted by Gasteiger charge is 2.07. The van der Waals surface area contributed by atoms with Gasteiger partial charge in [-0.3, -0.25) is 10.1 Å². The van der Waals surface area contributed by atoms with Gasteiger partial charge in [-0.05, 0) is 12.1 Å². The van der Waals surface area contributed by atoms with Crippen LogP contribution in [-0.2, 0) is 0 Å². The molecule has 0 aliphatic heterocycles. The van der Waals surface area contributed by atoms with Crippen molar-refractivity contribution in [2.75, 3.05) is 0 Å². The fourth-order valence-electron chi connectivity index (χ4n) is 0.749. The molecule has 70 valence electrons. The summed E-state index contributed by atoms with van der Waals surface area (Å²) in [5.41, 5.74) is -0.165. The van der Waals surface area contributed by atoms with Crippen molar-refractivity contribution in [2.24, 2.45) is 0 Å². The minimum atomic E-state index is -2.92. The highest BCUT2D eigenvalue weighted by atomic mass is 19.3. The summed E-state index contributed by atoms with van der Waals surface area (Å²) < 4.78 is 27.2. The number of nitro groups is 1. The minimum Gasteiger partial charge on any atom is -0.435 e. The summed E-state index contributed by atoms with van der Waals surface area (Å²) in [4.78, 5) is 9.53. The molecular weight excluding hydrogens is 184 g/mol. The lowest BCUT2D eigenvalue weighted by molar-refractivity contribution is -0.384. The van der Waals surface area contributed by atoms with E-state index < -0.39 is 11.5 Å². The van der Waals surface area contributed by atoms with Crippen LogP contribution in [0.5, 0.6) is 5.75 Å². The third kappa shape index (κ3) is 2.66. The summed E-state index contributed by atoms with van der Waals surface area (Å²) >= 11 is 0. The summed E-state index contributed by atoms with van der Waals surface area (Å²) in [5.74, 6) is -0.0967. The van der Waals surface area contributed by atoms with Gasteiger partial charge < -0.3 is 4.74 Å². The number of nitro benzene ring substituents is 1. The van der Waals surface area contributed by atoms with Crippen LogP contribution in [0.3, 0.4) is 0 Å². The van der Waals surface area contributed by atoms with E-state index in [1.807, 2.05) is 0 Å². The van der Waals surface area contributed by atoms with Crippen LogP contribution in [0.15, 0.2) is 24.3 Å². The number of ether oxygens (including phenoxy) is 1. The van der Waals surface area contributed by atoms with E-state index in [1.165, 1.54) is 0 Å². The van der Waals surface area contributed by atoms with Crippen molar-refractivity contribution in [1.29, 1.82) is 0 Å². The number of halogens is 2. The van der Waals surface area contributed by atoms with Crippen molar-refractivity contribution in [2.45, 2.75) is 6.61 Å². The molecule has 0 N–H and O–H groups in total. The molecule has 4 nitrogen and oxygen atoms in total. The molecule has 0 aliphatic carbocycles. The van der Waals surface area contributed by atoms with Gasteiger partial charge in [0, 0.05) is 12.1 Å². The number of hydrogen-bond donors (Lipinski definition) is 0. The smallest absolute Gasteiger partial charge is 0.387 e. The normalized spacial score (nSPS) is 10.1. The number of benzene rings is 1. The van der Waals surface area contributed by atoms with Gasteiger partial charge in [0.2, 0.25) is 0 Å². The van der Waals surface area contributed by atoms with Gasteiger partial charge >= 0.3 is 6.61 Å². The van der Waals surface area contributed by atoms with Crippen molar-refractivity contribution in [3.8, 4) is 5.75 Å². The van der Waals surface area contributed by atoms with Gasteiger partial charge in [-0.2, -0.15) is 8.78 Å². The van der Waals surface area contributed by atoms with Crippen molar-refractivity contribution < 1.29 is 18.4 Å². The summed E-state index contributed by atoms with van der Waals surface area (Å²) in [7, 11) is 0. The van der Waals surface area contributed by atoms with E-state index in [-0.39, 0.29) is 11.4 Å². The molecule has 1 aromatic carbocycles. The first-order valence-corrected chi connectivity index (χ1v) is 3.29. The molecule has 0 saturated heterocycles. The maximum Gasteiger partial charge on any atom is 0.387 e. The number of nitrogens with zero attached hydrogens (tertiary/aromatic N) is 1. The predicted octanol–water partition coefficient (Wildman–Crippen LogP) is 2.20. The quantitative estimate of drug-likeness (QED) is 0.541. The second kappa shape index (κ2) is 3.79. The average molecular weight is 189 g/mol. The number of rotatable bonds is 3. The van der Waals surface area contributed by atoms with Crippen LogP contribution >= 0.6 is 0 Å². The Morgan fingerprint density at radius 3 is 2.23 bits per heavy atom. The Morgan fingerprint density at radius 2 is 1.85 bits per heavy atom. The Morgan fingerprint density at radius 1 is 1.31 bits per heavy atom. The fraction of sp³-hybridized carbons (Fsp3) is 0.143. The Labute approximate surface area is 71.9 Å². The van der Waals surface area contributed by atoms with Crippen molar-refractivity contribution in [3.05, 3.63) is 34.4 Å². The molecule has 0 radical (unpaired) electrons. The first-order valence-electron chi connectivity index (χ1n) is 3.29. The largest absolute Gasteiger partial charge is 0.435 e. The van der Waals surface area contributed by atoms with Gasteiger partial charge in [-0.15, -0.1) is 0 Å². The summed E-state index contributed by atoms with van der Waals surface area (Å²) in [6, 6.07) is 4.42. The first kappa shape index (κ1) is 9.37. The molecule has 0 aliphatic rings. The molecule has 0 aromatic heterocycles. The standard InChI is InChI=1S/C7H5F2NO3/c8-7(9)13-6-3-1-5(2-4-6)10(11)12/h1-4,7H. The molecule has 1 aromatic rings. The average Bonchev–Trinajstić information content (AvgIpc) is 2.04. The van der Waals surface area contributed by atoms with E-state index in [0.29, 0.717) is 0 Å². The summed E-state index contributed by atoms with van der Waals surface area (Å²) in [5, 5.41) is 10.2. The molecular formula is C7H5F2NO3. The van der Waals surface area contributed by atoms with Crippen LogP contribution in [0.25, 0.3) is 0 Å². The zero-order valence-electron chi connectivity index (χ0n) is 6.31. The molecule has 0 saturated carbocycles. The van der Waals surface area contributed by atoms with Crippen LogP contribution in [0.4, 0.5) is 14.5 Å². The molecule has 0 heterocycles. The van der Waals surface area contributed by atoms with Crippen LogP contribution in [0.2, 0.25) is 0 Å². The maximum absolute atomic E-state index is 11.6. The van der Waals surface area contributed by atoms with Crippen LogP contribution < -0.4 is 4.74 Å². The molecule has 0 fully saturated rings. The van der Waals surface area contributed by atoms with Gasteiger partial charge in [0.15, 0.2) is 0 Å². The highest BCUT2D eigenvalue weighted by Crippen LogP contribution is 2.18. The van der Waals surface area contributed by atoms with Gasteiger partial charge in [-0.1, -0.05) is 0 Å². The van der Waals surface area contributed by atoms with E-state index in [4.69, 9.17) is 0 Å². The number of alkyl halides is 2. The van der Waals surface area contributed by atoms with Crippen molar-refractivity contribution in [3.63, 3.8) is 0 Å². The Hall–Kier alpha value is -1.72. The molecule has 0 amide bonds. The Kier molecular flexibility index (Phi) is 2.73. The Bertz CT molecular complexity index is 299. The lowest BCUT2D eigenvalue weighted by Crippen LogP contribution is -2.01. The van der Waals surface area contributed by atoms with E-state index in [9.17, 15) is 18.9 Å². The lowest BCUT2D eigenvalue weighted by atomic mass is 10.3. The zero-order valence-corrected chi connectivity index (χ0v) is 6.31. The van der Waals surface area contributed by atoms with Gasteiger partial charge in [0.25, 0.3) is 5.69 Å². The van der Waals surface area contributed by atoms with Gasteiger partial charge in [0.1, 0.15) is 5.75 Å². The predicted molar refractivity (Wildman–Crippen MR) is 39.7 cm³/mol. The monoisotopic (exact) mass is 189 g/mol. The van der Waals surface area contributed by atoms with E-state index in [0.717, 1.165) is 24.3 Å². The molecule has 13 heavy (non-hydrogen) atoms. The highest BCUT2D eigenvalue weighted by molar-refractivity contribution is 5.35. The van der Waals surface area contributed by atoms with Crippen LogP contribution in [0, 0.1) is 10.1 Å². The number of non-ortho nitro benzene ring substituents is 1. The lowest BCUT2D eigenvalue weighted by Gasteiger charge is -2.02. The zero-order chi connectivity index (χ0) is 9.84. The van der Waals surface area contributed by atoms with Crippen LogP contribution in [-0.4, -0.2) is 11.5 Å². The third-order valence-corrected chi connectivity index (χ3v) is 1.27. The van der Waals surface area contributed by atoms with E-state index >= 15 is 0 Å². The second-order valence-corrected chi connectivity index (χ2v) is 2.13. The van der Waals surface area contributed by atoms with E-state index in [1.54, 1.807) is 0 Å². The van der Waals surface area contributed by atoms with Crippen molar-refractivity contribution >= 4 is 5.69 Å². The topological polar surface area (TPSA) is 52.4 Å². The molecule has 1 rings (SSSR count). The first-order chi connectivity index (χ1) is 6.09. The van der Waals surface area contributed by atoms with Crippen LogP contribution in [0.1, 0.15) is 0 Å². The van der Waals surface area contributed by atoms with Gasteiger partial charge in [0.05, 0.1) is 4.92 Å². The molecule has 6 heteroatoms. The van der Waals surface area contributed by atoms with Gasteiger partial charge in [-0.25, -0.2) is 0 Å². The summed E-state index contributed by atoms with van der Waals surface area (Å²) in [6.45, 7) is -2.92. The minimum absolute atomic E-state index is 0.0967. The molecule has 0 unspecified atom stereocenters. The second-order valence-electron chi connectivity index (χ2n) is 2.13. The van der Waals surface area contributed by atoms with Crippen molar-refractivity contribution in [1.82, 2.24) is 0 Å². The third-order valence-electron chi connectivity index (χ3n) is 1.27. The Balaban J connectivity index is 2.75. The van der Waals surface area contributed by atoms with E-state index in [2.05, 4.69) is 4.74 Å². The molecule has 0 atom stereocenters. The molecule has 0 spiro atoms. The number of hydrogen-bond acceptors (Lipinski definition) is 3. The SMILES string of the molecule is O=[N+]([O-])c1ccc(OC(F)F)cc1.